The van der Waals surface area contributed by atoms with Crippen molar-refractivity contribution in [2.75, 3.05) is 5.32 Å². The van der Waals surface area contributed by atoms with Crippen molar-refractivity contribution in [3.8, 4) is 0 Å². The average molecular weight is 472 g/mol. The second-order valence-electron chi connectivity index (χ2n) is 9.85. The first-order valence-electron chi connectivity index (χ1n) is 12.5. The van der Waals surface area contributed by atoms with E-state index in [1.807, 2.05) is 4.57 Å². The minimum atomic E-state index is -0.941. The third-order valence-corrected chi connectivity index (χ3v) is 7.22. The highest BCUT2D eigenvalue weighted by molar-refractivity contribution is 5.98. The Morgan fingerprint density at radius 3 is 2.47 bits per heavy atom. The Morgan fingerprint density at radius 2 is 1.79 bits per heavy atom. The Balaban J connectivity index is 1.71. The van der Waals surface area contributed by atoms with E-state index in [-0.39, 0.29) is 35.9 Å². The lowest BCUT2D eigenvalue weighted by Crippen LogP contribution is -2.36. The van der Waals surface area contributed by atoms with Gasteiger partial charge >= 0.3 is 5.97 Å². The molecule has 3 N–H and O–H groups in total. The zero-order chi connectivity index (χ0) is 24.2. The summed E-state index contributed by atoms with van der Waals surface area (Å²) in [5, 5.41) is 15.2. The van der Waals surface area contributed by atoms with Crippen molar-refractivity contribution in [2.24, 2.45) is 0 Å². The number of carboxylic acid groups (broad SMARTS) is 1. The number of hydrogen-bond donors (Lipinski definition) is 3. The molecule has 0 aliphatic heterocycles. The second-order valence-corrected chi connectivity index (χ2v) is 9.85. The summed E-state index contributed by atoms with van der Waals surface area (Å²) < 4.78 is 17.1. The van der Waals surface area contributed by atoms with E-state index in [2.05, 4.69) is 10.6 Å². The first kappa shape index (κ1) is 24.2. The molecule has 2 fully saturated rings. The molecular weight excluding hydrogens is 437 g/mol. The summed E-state index contributed by atoms with van der Waals surface area (Å²) in [7, 11) is 0. The van der Waals surface area contributed by atoms with Crippen LogP contribution in [0.1, 0.15) is 94.0 Å². The van der Waals surface area contributed by atoms with Crippen LogP contribution < -0.4 is 16.1 Å². The minimum Gasteiger partial charge on any atom is -0.481 e. The maximum atomic E-state index is 15.1. The summed E-state index contributed by atoms with van der Waals surface area (Å²) in [6, 6.07) is 2.96. The highest BCUT2D eigenvalue weighted by Gasteiger charge is 2.24. The van der Waals surface area contributed by atoms with Crippen LogP contribution in [0.5, 0.6) is 0 Å². The number of hydrogen-bond acceptors (Lipinski definition) is 4. The lowest BCUT2D eigenvalue weighted by molar-refractivity contribution is -0.137. The Morgan fingerprint density at radius 1 is 1.12 bits per heavy atom. The van der Waals surface area contributed by atoms with Crippen molar-refractivity contribution in [3.63, 3.8) is 0 Å². The van der Waals surface area contributed by atoms with Gasteiger partial charge in [0.25, 0.3) is 5.91 Å². The van der Waals surface area contributed by atoms with Gasteiger partial charge in [0, 0.05) is 36.1 Å². The van der Waals surface area contributed by atoms with E-state index in [1.165, 1.54) is 12.5 Å². The molecular formula is C26H34FN3O4. The van der Waals surface area contributed by atoms with Gasteiger partial charge in [0.1, 0.15) is 11.4 Å². The van der Waals surface area contributed by atoms with Crippen molar-refractivity contribution in [1.29, 1.82) is 0 Å². The molecule has 0 saturated heterocycles. The number of carbonyl (C=O) groups excluding carboxylic acids is 1. The van der Waals surface area contributed by atoms with E-state index in [0.717, 1.165) is 51.4 Å². The topological polar surface area (TPSA) is 100 Å². The van der Waals surface area contributed by atoms with E-state index in [1.54, 1.807) is 19.2 Å². The third kappa shape index (κ3) is 5.42. The van der Waals surface area contributed by atoms with E-state index in [9.17, 15) is 14.4 Å². The number of anilines is 1. The largest absolute Gasteiger partial charge is 0.481 e. The summed E-state index contributed by atoms with van der Waals surface area (Å²) in [5.41, 5.74) is 0.515. The summed E-state index contributed by atoms with van der Waals surface area (Å²) in [5.74, 6) is -1.98. The molecule has 34 heavy (non-hydrogen) atoms. The molecule has 2 aliphatic carbocycles. The number of halogens is 1. The Bertz CT molecular complexity index is 1120. The number of fused-ring (bicyclic) bond motifs is 1. The summed E-state index contributed by atoms with van der Waals surface area (Å²) in [4.78, 5) is 37.1. The quantitative estimate of drug-likeness (QED) is 0.504. The minimum absolute atomic E-state index is 0.0334. The number of nitrogens with one attached hydrogen (secondary N) is 2. The molecule has 4 rings (SSSR count). The van der Waals surface area contributed by atoms with Crippen LogP contribution in [0.4, 0.5) is 10.1 Å². The lowest BCUT2D eigenvalue weighted by Gasteiger charge is -2.25. The number of amides is 1. The molecule has 1 aromatic carbocycles. The fourth-order valence-electron chi connectivity index (χ4n) is 5.31. The van der Waals surface area contributed by atoms with E-state index >= 15 is 4.39 Å². The Labute approximate surface area is 198 Å². The van der Waals surface area contributed by atoms with Gasteiger partial charge in [-0.15, -0.1) is 0 Å². The number of nitrogens with zero attached hydrogens (tertiary/aromatic N) is 1. The molecule has 7 nitrogen and oxygen atoms in total. The van der Waals surface area contributed by atoms with Crippen molar-refractivity contribution < 1.29 is 19.1 Å². The van der Waals surface area contributed by atoms with E-state index < -0.39 is 29.2 Å². The SMILES string of the molecule is C[C@H](CCC(=O)O)NC(=O)c1cn(C2CCCC2)c2cc(NC3CCCCC3)c(F)cc2c1=O. The molecule has 0 bridgehead atoms. The van der Waals surface area contributed by atoms with Gasteiger partial charge in [0.05, 0.1) is 11.2 Å². The molecule has 0 unspecified atom stereocenters. The monoisotopic (exact) mass is 471 g/mol. The summed E-state index contributed by atoms with van der Waals surface area (Å²) in [6.45, 7) is 1.71. The molecule has 2 saturated carbocycles. The molecule has 1 atom stereocenters. The summed E-state index contributed by atoms with van der Waals surface area (Å²) >= 11 is 0. The van der Waals surface area contributed by atoms with Gasteiger partial charge in [-0.3, -0.25) is 14.4 Å². The fourth-order valence-corrected chi connectivity index (χ4v) is 5.31. The van der Waals surface area contributed by atoms with Gasteiger partial charge in [-0.25, -0.2) is 4.39 Å². The molecule has 0 spiro atoms. The van der Waals surface area contributed by atoms with Gasteiger partial charge in [0.15, 0.2) is 0 Å². The van der Waals surface area contributed by atoms with Crippen LogP contribution in [0.2, 0.25) is 0 Å². The number of aromatic nitrogens is 1. The van der Waals surface area contributed by atoms with Crippen LogP contribution in [-0.2, 0) is 4.79 Å². The van der Waals surface area contributed by atoms with Crippen LogP contribution in [0, 0.1) is 5.82 Å². The lowest BCUT2D eigenvalue weighted by atomic mass is 9.95. The average Bonchev–Trinajstić information content (AvgIpc) is 3.34. The normalized spacial score (nSPS) is 18.2. The van der Waals surface area contributed by atoms with Crippen LogP contribution >= 0.6 is 0 Å². The van der Waals surface area contributed by atoms with Crippen molar-refractivity contribution in [2.45, 2.75) is 95.7 Å². The predicted molar refractivity (Wildman–Crippen MR) is 130 cm³/mol. The van der Waals surface area contributed by atoms with E-state index in [4.69, 9.17) is 5.11 Å². The smallest absolute Gasteiger partial charge is 0.303 e. The maximum absolute atomic E-state index is 15.1. The van der Waals surface area contributed by atoms with Crippen molar-refractivity contribution in [1.82, 2.24) is 9.88 Å². The molecule has 2 aliphatic rings. The first-order valence-corrected chi connectivity index (χ1v) is 12.5. The molecule has 8 heteroatoms. The van der Waals surface area contributed by atoms with Gasteiger partial charge in [0.2, 0.25) is 5.43 Å². The molecule has 2 aromatic rings. The van der Waals surface area contributed by atoms with Crippen LogP contribution in [0.15, 0.2) is 23.1 Å². The molecule has 1 heterocycles. The van der Waals surface area contributed by atoms with Crippen LogP contribution in [0.3, 0.4) is 0 Å². The van der Waals surface area contributed by atoms with Crippen LogP contribution in [-0.4, -0.2) is 33.6 Å². The number of aliphatic carboxylic acids is 1. The highest BCUT2D eigenvalue weighted by atomic mass is 19.1. The van der Waals surface area contributed by atoms with Gasteiger partial charge in [-0.05, 0) is 51.2 Å². The molecule has 1 aromatic heterocycles. The second kappa shape index (κ2) is 10.6. The van der Waals surface area contributed by atoms with Crippen molar-refractivity contribution >= 4 is 28.5 Å². The number of carboxylic acids is 1. The van der Waals surface area contributed by atoms with Gasteiger partial charge < -0.3 is 20.3 Å². The maximum Gasteiger partial charge on any atom is 0.303 e. The molecule has 1 amide bonds. The van der Waals surface area contributed by atoms with Gasteiger partial charge in [-0.2, -0.15) is 0 Å². The first-order chi connectivity index (χ1) is 16.3. The predicted octanol–water partition coefficient (Wildman–Crippen LogP) is 4.98. The number of benzene rings is 1. The van der Waals surface area contributed by atoms with E-state index in [0.29, 0.717) is 11.2 Å². The van der Waals surface area contributed by atoms with Crippen LogP contribution in [0.25, 0.3) is 10.9 Å². The highest BCUT2D eigenvalue weighted by Crippen LogP contribution is 2.34. The Kier molecular flexibility index (Phi) is 7.54. The third-order valence-electron chi connectivity index (χ3n) is 7.22. The zero-order valence-electron chi connectivity index (χ0n) is 19.7. The molecule has 0 radical (unpaired) electrons. The summed E-state index contributed by atoms with van der Waals surface area (Å²) in [6.07, 6.45) is 11.3. The van der Waals surface area contributed by atoms with Gasteiger partial charge in [-0.1, -0.05) is 32.1 Å². The number of pyridine rings is 1. The zero-order valence-corrected chi connectivity index (χ0v) is 19.7. The fraction of sp³-hybridized carbons (Fsp3) is 0.577. The Hall–Kier alpha value is -2.90. The number of rotatable bonds is 8. The van der Waals surface area contributed by atoms with Crippen molar-refractivity contribution in [3.05, 3.63) is 39.9 Å². The standard InChI is InChI=1S/C26H34FN3O4/c1-16(11-12-24(31)32)28-26(34)20-15-30(18-9-5-6-10-18)23-14-22(21(27)13-19(23)25(20)33)29-17-7-3-2-4-8-17/h13-18,29H,2-12H2,1H3,(H,28,34)(H,31,32)/t16-/m1/s1. The molecule has 184 valence electrons. The number of carbonyl (C=O) groups is 2.